The predicted octanol–water partition coefficient (Wildman–Crippen LogP) is 5.69. The molecular formula is C22H40O3Si. The van der Waals surface area contributed by atoms with Crippen molar-refractivity contribution in [3.63, 3.8) is 0 Å². The topological polar surface area (TPSA) is 49.7 Å². The van der Waals surface area contributed by atoms with Crippen LogP contribution in [0.25, 0.3) is 0 Å². The molecule has 4 heteroatoms. The number of hydrogen-bond donors (Lipinski definition) is 2. The van der Waals surface area contributed by atoms with Crippen LogP contribution in [-0.2, 0) is 17.3 Å². The van der Waals surface area contributed by atoms with Crippen LogP contribution in [0.3, 0.4) is 0 Å². The predicted molar refractivity (Wildman–Crippen MR) is 113 cm³/mol. The Bertz CT molecular complexity index is 518. The van der Waals surface area contributed by atoms with Gasteiger partial charge in [0.1, 0.15) is 5.75 Å². The quantitative estimate of drug-likeness (QED) is 0.383. The summed E-state index contributed by atoms with van der Waals surface area (Å²) in [5, 5.41) is 19.3. The Balaban J connectivity index is 2.68. The maximum Gasteiger partial charge on any atom is 0.200 e. The highest BCUT2D eigenvalue weighted by Crippen LogP contribution is 2.42. The number of aryl methyl sites for hydroxylation is 1. The van der Waals surface area contributed by atoms with Gasteiger partial charge in [-0.2, -0.15) is 0 Å². The molecule has 0 saturated carbocycles. The lowest BCUT2D eigenvalue weighted by atomic mass is 9.98. The van der Waals surface area contributed by atoms with E-state index in [1.165, 1.54) is 5.56 Å². The van der Waals surface area contributed by atoms with Crippen LogP contribution in [0.1, 0.15) is 66.0 Å². The van der Waals surface area contributed by atoms with Gasteiger partial charge in [0.05, 0.1) is 0 Å². The second-order valence-electron chi connectivity index (χ2n) is 8.72. The third-order valence-corrected chi connectivity index (χ3v) is 11.8. The van der Waals surface area contributed by atoms with Crippen molar-refractivity contribution in [1.29, 1.82) is 0 Å². The molecule has 0 unspecified atom stereocenters. The summed E-state index contributed by atoms with van der Waals surface area (Å²) in [6.45, 7) is 16.9. The van der Waals surface area contributed by atoms with Gasteiger partial charge in [0.25, 0.3) is 0 Å². The molecule has 150 valence electrons. The first-order valence-electron chi connectivity index (χ1n) is 10.2. The largest absolute Gasteiger partial charge is 0.508 e. The summed E-state index contributed by atoms with van der Waals surface area (Å²) < 4.78 is 6.63. The Morgan fingerprint density at radius 1 is 0.962 bits per heavy atom. The molecule has 3 nitrogen and oxygen atoms in total. The van der Waals surface area contributed by atoms with Gasteiger partial charge in [-0.05, 0) is 59.0 Å². The van der Waals surface area contributed by atoms with Gasteiger partial charge in [-0.1, -0.05) is 60.6 Å². The number of hydrogen-bond acceptors (Lipinski definition) is 3. The van der Waals surface area contributed by atoms with Crippen LogP contribution < -0.4 is 0 Å². The van der Waals surface area contributed by atoms with Gasteiger partial charge in [-0.3, -0.25) is 0 Å². The number of rotatable bonds is 11. The third kappa shape index (κ3) is 5.83. The van der Waals surface area contributed by atoms with Crippen molar-refractivity contribution in [2.24, 2.45) is 5.92 Å². The molecule has 0 aliphatic carbocycles. The lowest BCUT2D eigenvalue weighted by Crippen LogP contribution is -2.48. The zero-order chi connectivity index (χ0) is 19.9. The molecule has 0 fully saturated rings. The van der Waals surface area contributed by atoms with Crippen LogP contribution in [0.4, 0.5) is 0 Å². The summed E-state index contributed by atoms with van der Waals surface area (Å²) >= 11 is 0. The molecule has 0 saturated heterocycles. The van der Waals surface area contributed by atoms with Crippen LogP contribution in [0.15, 0.2) is 18.2 Å². The van der Waals surface area contributed by atoms with Gasteiger partial charge in [0.2, 0.25) is 0 Å². The molecule has 1 atom stereocenters. The van der Waals surface area contributed by atoms with E-state index >= 15 is 0 Å². The SMILES string of the molecule is CC(C)[Si](OCCCc1ccc(O)c(C[C@H](C)CO)c1)(C(C)C)C(C)C. The molecule has 26 heavy (non-hydrogen) atoms. The molecule has 0 heterocycles. The average molecular weight is 381 g/mol. The highest BCUT2D eigenvalue weighted by Gasteiger charge is 2.44. The van der Waals surface area contributed by atoms with E-state index in [0.717, 1.165) is 25.0 Å². The van der Waals surface area contributed by atoms with Crippen LogP contribution in [0.2, 0.25) is 16.6 Å². The second-order valence-corrected chi connectivity index (χ2v) is 14.2. The van der Waals surface area contributed by atoms with Crippen molar-refractivity contribution < 1.29 is 14.6 Å². The van der Waals surface area contributed by atoms with E-state index in [1.54, 1.807) is 6.07 Å². The summed E-state index contributed by atoms with van der Waals surface area (Å²) in [5.41, 5.74) is 4.01. The zero-order valence-corrected chi connectivity index (χ0v) is 18.9. The van der Waals surface area contributed by atoms with Crippen molar-refractivity contribution in [1.82, 2.24) is 0 Å². The fourth-order valence-electron chi connectivity index (χ4n) is 4.42. The van der Waals surface area contributed by atoms with Crippen molar-refractivity contribution in [2.75, 3.05) is 13.2 Å². The Kier molecular flexibility index (Phi) is 9.35. The number of phenolic OH excluding ortho intramolecular Hbond substituents is 1. The molecule has 1 aromatic carbocycles. The molecule has 0 aliphatic heterocycles. The maximum absolute atomic E-state index is 10.0. The minimum atomic E-state index is -1.78. The Morgan fingerprint density at radius 3 is 2.04 bits per heavy atom. The maximum atomic E-state index is 10.0. The van der Waals surface area contributed by atoms with Crippen molar-refractivity contribution in [2.45, 2.75) is 84.4 Å². The Morgan fingerprint density at radius 2 is 1.54 bits per heavy atom. The van der Waals surface area contributed by atoms with E-state index in [0.29, 0.717) is 28.8 Å². The fourth-order valence-corrected chi connectivity index (χ4v) is 9.92. The summed E-state index contributed by atoms with van der Waals surface area (Å²) in [5.74, 6) is 0.491. The van der Waals surface area contributed by atoms with Crippen molar-refractivity contribution in [3.8, 4) is 5.75 Å². The average Bonchev–Trinajstić information content (AvgIpc) is 2.56. The van der Waals surface area contributed by atoms with Gasteiger partial charge in [-0.15, -0.1) is 0 Å². The standard InChI is InChI=1S/C22H40O3Si/c1-16(2)26(17(3)4,18(5)6)25-12-8-9-20-10-11-22(24)21(14-20)13-19(7)15-23/h10-11,14,16-19,23-24H,8-9,12-13,15H2,1-7H3/t19-/m0/s1. The molecule has 0 aromatic heterocycles. The molecule has 1 aromatic rings. The number of aromatic hydroxyl groups is 1. The minimum Gasteiger partial charge on any atom is -0.508 e. The highest BCUT2D eigenvalue weighted by molar-refractivity contribution is 6.77. The first-order chi connectivity index (χ1) is 12.1. The fraction of sp³-hybridized carbons (Fsp3) is 0.727. The molecule has 0 spiro atoms. The molecule has 2 N–H and O–H groups in total. The smallest absolute Gasteiger partial charge is 0.200 e. The molecule has 0 amide bonds. The lowest BCUT2D eigenvalue weighted by molar-refractivity contribution is 0.236. The zero-order valence-electron chi connectivity index (χ0n) is 17.9. The lowest BCUT2D eigenvalue weighted by Gasteiger charge is -2.42. The van der Waals surface area contributed by atoms with Gasteiger partial charge in [0.15, 0.2) is 8.32 Å². The number of aliphatic hydroxyl groups is 1. The number of phenols is 1. The van der Waals surface area contributed by atoms with E-state index in [9.17, 15) is 10.2 Å². The summed E-state index contributed by atoms with van der Waals surface area (Å²) in [6, 6.07) is 5.87. The number of aliphatic hydroxyl groups excluding tert-OH is 1. The van der Waals surface area contributed by atoms with Crippen molar-refractivity contribution in [3.05, 3.63) is 29.3 Å². The van der Waals surface area contributed by atoms with Crippen LogP contribution in [0, 0.1) is 5.92 Å². The minimum absolute atomic E-state index is 0.143. The van der Waals surface area contributed by atoms with Gasteiger partial charge >= 0.3 is 0 Å². The summed E-state index contributed by atoms with van der Waals surface area (Å²) in [7, 11) is -1.78. The van der Waals surface area contributed by atoms with Crippen molar-refractivity contribution >= 4 is 8.32 Å². The number of benzene rings is 1. The van der Waals surface area contributed by atoms with E-state index < -0.39 is 8.32 Å². The third-order valence-electron chi connectivity index (χ3n) is 5.69. The summed E-state index contributed by atoms with van der Waals surface area (Å²) in [6.07, 6.45) is 2.66. The van der Waals surface area contributed by atoms with Crippen LogP contribution in [-0.4, -0.2) is 31.7 Å². The molecule has 0 radical (unpaired) electrons. The first kappa shape index (κ1) is 23.2. The van der Waals surface area contributed by atoms with E-state index in [2.05, 4.69) is 47.6 Å². The highest BCUT2D eigenvalue weighted by atomic mass is 28.4. The monoisotopic (exact) mass is 380 g/mol. The van der Waals surface area contributed by atoms with E-state index in [-0.39, 0.29) is 12.5 Å². The van der Waals surface area contributed by atoms with E-state index in [1.807, 2.05) is 13.0 Å². The molecule has 1 rings (SSSR count). The van der Waals surface area contributed by atoms with Crippen LogP contribution in [0.5, 0.6) is 5.75 Å². The normalized spacial score (nSPS) is 13.8. The molecule has 0 bridgehead atoms. The Hall–Kier alpha value is -0.843. The Labute approximate surface area is 161 Å². The van der Waals surface area contributed by atoms with Gasteiger partial charge in [-0.25, -0.2) is 0 Å². The van der Waals surface area contributed by atoms with Gasteiger partial charge in [0, 0.05) is 13.2 Å². The summed E-state index contributed by atoms with van der Waals surface area (Å²) in [4.78, 5) is 0. The molecular weight excluding hydrogens is 340 g/mol. The van der Waals surface area contributed by atoms with Gasteiger partial charge < -0.3 is 14.6 Å². The van der Waals surface area contributed by atoms with Crippen LogP contribution >= 0.6 is 0 Å². The first-order valence-corrected chi connectivity index (χ1v) is 12.3. The van der Waals surface area contributed by atoms with E-state index in [4.69, 9.17) is 4.43 Å². The molecule has 0 aliphatic rings. The second kappa shape index (κ2) is 10.5.